The largest absolute Gasteiger partial charge is 0.497 e. The lowest BCUT2D eigenvalue weighted by molar-refractivity contribution is -0.127. The van der Waals surface area contributed by atoms with Crippen molar-refractivity contribution < 1.29 is 22.3 Å². The fourth-order valence-corrected chi connectivity index (χ4v) is 5.57. The molecule has 6 nitrogen and oxygen atoms in total. The minimum atomic E-state index is -3.68. The number of hydrogen-bond donors (Lipinski definition) is 1. The fourth-order valence-electron chi connectivity index (χ4n) is 4.10. The van der Waals surface area contributed by atoms with Gasteiger partial charge in [0.2, 0.25) is 15.9 Å². The Hall–Kier alpha value is -2.45. The minimum Gasteiger partial charge on any atom is -0.497 e. The zero-order valence-electron chi connectivity index (χ0n) is 17.5. The van der Waals surface area contributed by atoms with Crippen LogP contribution in [0.5, 0.6) is 5.75 Å². The molecular weight excluding hydrogens is 419 g/mol. The van der Waals surface area contributed by atoms with Gasteiger partial charge in [0.25, 0.3) is 0 Å². The van der Waals surface area contributed by atoms with Crippen LogP contribution in [0.2, 0.25) is 0 Å². The predicted octanol–water partition coefficient (Wildman–Crippen LogP) is 3.50. The number of nitrogens with zero attached hydrogens (tertiary/aromatic N) is 1. The lowest BCUT2D eigenvalue weighted by Crippen LogP contribution is -2.43. The summed E-state index contributed by atoms with van der Waals surface area (Å²) in [6.07, 6.45) is 3.11. The van der Waals surface area contributed by atoms with Gasteiger partial charge in [-0.15, -0.1) is 0 Å². The average Bonchev–Trinajstić information content (AvgIpc) is 3.63. The quantitative estimate of drug-likeness (QED) is 0.706. The van der Waals surface area contributed by atoms with E-state index in [0.29, 0.717) is 18.8 Å². The van der Waals surface area contributed by atoms with Crippen LogP contribution in [-0.4, -0.2) is 38.8 Å². The number of halogens is 1. The first-order valence-electron chi connectivity index (χ1n) is 10.6. The highest BCUT2D eigenvalue weighted by Gasteiger charge is 2.37. The highest BCUT2D eigenvalue weighted by molar-refractivity contribution is 7.89. The van der Waals surface area contributed by atoms with Gasteiger partial charge in [0.1, 0.15) is 11.6 Å². The summed E-state index contributed by atoms with van der Waals surface area (Å²) in [5.74, 6) is 0.498. The van der Waals surface area contributed by atoms with Crippen LogP contribution in [0.15, 0.2) is 53.4 Å². The molecule has 0 spiro atoms. The van der Waals surface area contributed by atoms with Crippen LogP contribution >= 0.6 is 0 Å². The molecule has 166 valence electrons. The van der Waals surface area contributed by atoms with Crippen molar-refractivity contribution in [1.29, 1.82) is 0 Å². The molecule has 1 aliphatic heterocycles. The summed E-state index contributed by atoms with van der Waals surface area (Å²) >= 11 is 0. The third-order valence-electron chi connectivity index (χ3n) is 6.14. The molecule has 1 atom stereocenters. The van der Waals surface area contributed by atoms with Crippen molar-refractivity contribution in [1.82, 2.24) is 9.62 Å². The van der Waals surface area contributed by atoms with E-state index in [9.17, 15) is 17.6 Å². The minimum absolute atomic E-state index is 0.0217. The number of benzene rings is 2. The number of amides is 1. The molecule has 1 N–H and O–H groups in total. The second-order valence-corrected chi connectivity index (χ2v) is 10.2. The zero-order valence-corrected chi connectivity index (χ0v) is 18.3. The van der Waals surface area contributed by atoms with Crippen molar-refractivity contribution in [3.63, 3.8) is 0 Å². The molecule has 31 heavy (non-hydrogen) atoms. The Balaban J connectivity index is 1.37. The van der Waals surface area contributed by atoms with Crippen LogP contribution < -0.4 is 10.1 Å². The summed E-state index contributed by atoms with van der Waals surface area (Å²) < 4.78 is 45.3. The first-order chi connectivity index (χ1) is 14.9. The van der Waals surface area contributed by atoms with E-state index in [0.717, 1.165) is 36.3 Å². The lowest BCUT2D eigenvalue weighted by Gasteiger charge is -2.31. The molecule has 2 aliphatic rings. The maximum atomic E-state index is 13.1. The van der Waals surface area contributed by atoms with Crippen molar-refractivity contribution in [3.05, 3.63) is 59.9 Å². The Morgan fingerprint density at radius 1 is 1.03 bits per heavy atom. The van der Waals surface area contributed by atoms with E-state index in [1.54, 1.807) is 7.11 Å². The van der Waals surface area contributed by atoms with Gasteiger partial charge in [0, 0.05) is 19.0 Å². The Morgan fingerprint density at radius 3 is 2.19 bits per heavy atom. The number of carbonyl (C=O) groups is 1. The number of nitrogens with one attached hydrogen (secondary N) is 1. The van der Waals surface area contributed by atoms with Gasteiger partial charge in [-0.2, -0.15) is 4.31 Å². The first-order valence-corrected chi connectivity index (χ1v) is 12.0. The van der Waals surface area contributed by atoms with E-state index >= 15 is 0 Å². The third kappa shape index (κ3) is 4.91. The van der Waals surface area contributed by atoms with E-state index in [4.69, 9.17) is 4.74 Å². The molecule has 2 fully saturated rings. The lowest BCUT2D eigenvalue weighted by atomic mass is 9.95. The fraction of sp³-hybridized carbons (Fsp3) is 0.435. The molecule has 8 heteroatoms. The summed E-state index contributed by atoms with van der Waals surface area (Å²) in [6.45, 7) is 0.544. The number of hydrogen-bond acceptors (Lipinski definition) is 4. The van der Waals surface area contributed by atoms with Gasteiger partial charge in [-0.1, -0.05) is 12.1 Å². The molecule has 1 saturated carbocycles. The van der Waals surface area contributed by atoms with Crippen molar-refractivity contribution in [2.45, 2.75) is 36.6 Å². The van der Waals surface area contributed by atoms with E-state index in [-0.39, 0.29) is 35.9 Å². The van der Waals surface area contributed by atoms with Gasteiger partial charge in [-0.25, -0.2) is 12.8 Å². The molecule has 1 amide bonds. The monoisotopic (exact) mass is 446 g/mol. The van der Waals surface area contributed by atoms with E-state index in [1.165, 1.54) is 16.4 Å². The van der Waals surface area contributed by atoms with Gasteiger partial charge < -0.3 is 10.1 Å². The Bertz CT molecular complexity index is 1010. The Kier molecular flexibility index (Phi) is 6.29. The molecule has 0 aromatic heterocycles. The number of ether oxygens (including phenoxy) is 1. The van der Waals surface area contributed by atoms with Crippen LogP contribution in [-0.2, 0) is 14.8 Å². The molecule has 1 saturated heterocycles. The summed E-state index contributed by atoms with van der Waals surface area (Å²) in [5, 5.41) is 3.20. The molecule has 0 bridgehead atoms. The SMILES string of the molecule is COc1ccc(C(NC(=O)C2CCN(S(=O)(=O)c3ccc(F)cc3)CC2)C2CC2)cc1. The number of carbonyl (C=O) groups excluding carboxylic acids is 1. The number of piperidine rings is 1. The van der Waals surface area contributed by atoms with Crippen molar-refractivity contribution in [3.8, 4) is 5.75 Å². The highest BCUT2D eigenvalue weighted by atomic mass is 32.2. The molecule has 4 rings (SSSR count). The van der Waals surface area contributed by atoms with Gasteiger partial charge >= 0.3 is 0 Å². The second kappa shape index (κ2) is 8.96. The molecule has 1 heterocycles. The first kappa shape index (κ1) is 21.8. The van der Waals surface area contributed by atoms with E-state index in [1.807, 2.05) is 24.3 Å². The topological polar surface area (TPSA) is 75.7 Å². The summed E-state index contributed by atoms with van der Waals surface area (Å²) in [5.41, 5.74) is 1.06. The maximum Gasteiger partial charge on any atom is 0.243 e. The predicted molar refractivity (Wildman–Crippen MR) is 114 cm³/mol. The van der Waals surface area contributed by atoms with Crippen molar-refractivity contribution >= 4 is 15.9 Å². The normalized spacial score (nSPS) is 19.0. The summed E-state index contributed by atoms with van der Waals surface area (Å²) in [4.78, 5) is 13.0. The Morgan fingerprint density at radius 2 is 1.65 bits per heavy atom. The van der Waals surface area contributed by atoms with Gasteiger partial charge in [-0.05, 0) is 73.6 Å². The molecule has 2 aromatic carbocycles. The van der Waals surface area contributed by atoms with Crippen LogP contribution in [0.4, 0.5) is 4.39 Å². The zero-order chi connectivity index (χ0) is 22.0. The number of methoxy groups -OCH3 is 1. The standard InChI is InChI=1S/C23H27FN2O4S/c1-30-20-8-4-17(5-9-20)22(16-2-3-16)25-23(27)18-12-14-26(15-13-18)31(28,29)21-10-6-19(24)7-11-21/h4-11,16,18,22H,2-3,12-15H2,1H3,(H,25,27). The molecule has 1 unspecified atom stereocenters. The molecule has 0 radical (unpaired) electrons. The van der Waals surface area contributed by atoms with Crippen molar-refractivity contribution in [2.75, 3.05) is 20.2 Å². The smallest absolute Gasteiger partial charge is 0.243 e. The average molecular weight is 447 g/mol. The van der Waals surface area contributed by atoms with Crippen molar-refractivity contribution in [2.24, 2.45) is 11.8 Å². The van der Waals surface area contributed by atoms with Gasteiger partial charge in [0.15, 0.2) is 0 Å². The number of sulfonamides is 1. The molecule has 1 aliphatic carbocycles. The third-order valence-corrected chi connectivity index (χ3v) is 8.06. The van der Waals surface area contributed by atoms with Crippen LogP contribution in [0.3, 0.4) is 0 Å². The molecule has 2 aromatic rings. The summed E-state index contributed by atoms with van der Waals surface area (Å²) in [6, 6.07) is 12.6. The van der Waals surface area contributed by atoms with Gasteiger partial charge in [-0.3, -0.25) is 4.79 Å². The Labute approximate surface area is 182 Å². The number of rotatable bonds is 7. The van der Waals surface area contributed by atoms with E-state index in [2.05, 4.69) is 5.32 Å². The van der Waals surface area contributed by atoms with Crippen LogP contribution in [0.25, 0.3) is 0 Å². The maximum absolute atomic E-state index is 13.1. The second-order valence-electron chi connectivity index (χ2n) is 8.23. The molecular formula is C23H27FN2O4S. The highest BCUT2D eigenvalue weighted by Crippen LogP contribution is 2.41. The van der Waals surface area contributed by atoms with Crippen LogP contribution in [0.1, 0.15) is 37.3 Å². The summed E-state index contributed by atoms with van der Waals surface area (Å²) in [7, 11) is -2.06. The van der Waals surface area contributed by atoms with E-state index < -0.39 is 15.8 Å². The van der Waals surface area contributed by atoms with Gasteiger partial charge in [0.05, 0.1) is 18.0 Å². The van der Waals surface area contributed by atoms with Crippen LogP contribution in [0, 0.1) is 17.7 Å².